The largest absolute Gasteiger partial charge is 0.302 e. The number of nitrogens with zero attached hydrogens (tertiary/aromatic N) is 1. The van der Waals surface area contributed by atoms with Gasteiger partial charge in [0.2, 0.25) is 5.91 Å². The molecule has 1 heterocycles. The molecule has 2 rings (SSSR count). The molecule has 0 bridgehead atoms. The molecule has 4 heteroatoms. The summed E-state index contributed by atoms with van der Waals surface area (Å²) >= 11 is 1.55. The van der Waals surface area contributed by atoms with E-state index in [1.807, 2.05) is 31.3 Å². The standard InChI is InChI=1S/C16H20N2OS/c1-3-7-12(2)15(19)18-16-17-11-14(20-16)10-13-8-5-4-6-9-13/h4-6,8-9,11-12H,3,7,10H2,1-2H3,(H,17,18,19). The molecule has 3 nitrogen and oxygen atoms in total. The molecule has 20 heavy (non-hydrogen) atoms. The van der Waals surface area contributed by atoms with Crippen molar-refractivity contribution in [3.8, 4) is 0 Å². The van der Waals surface area contributed by atoms with Crippen LogP contribution < -0.4 is 5.32 Å². The second-order valence-electron chi connectivity index (χ2n) is 4.97. The Morgan fingerprint density at radius 1 is 1.35 bits per heavy atom. The first-order valence-electron chi connectivity index (χ1n) is 6.98. The van der Waals surface area contributed by atoms with Gasteiger partial charge in [-0.25, -0.2) is 4.98 Å². The minimum atomic E-state index is 0.0430. The number of anilines is 1. The van der Waals surface area contributed by atoms with Crippen molar-refractivity contribution in [3.63, 3.8) is 0 Å². The van der Waals surface area contributed by atoms with Crippen LogP contribution in [0.25, 0.3) is 0 Å². The summed E-state index contributed by atoms with van der Waals surface area (Å²) in [6, 6.07) is 10.3. The van der Waals surface area contributed by atoms with E-state index in [1.54, 1.807) is 11.3 Å². The number of aromatic nitrogens is 1. The van der Waals surface area contributed by atoms with Gasteiger partial charge in [-0.15, -0.1) is 11.3 Å². The number of carbonyl (C=O) groups excluding carboxylic acids is 1. The maximum Gasteiger partial charge on any atom is 0.228 e. The van der Waals surface area contributed by atoms with Crippen molar-refractivity contribution < 1.29 is 4.79 Å². The fraction of sp³-hybridized carbons (Fsp3) is 0.375. The SMILES string of the molecule is CCCC(C)C(=O)Nc1ncc(Cc2ccccc2)s1. The molecule has 0 fully saturated rings. The van der Waals surface area contributed by atoms with Gasteiger partial charge in [-0.2, -0.15) is 0 Å². The van der Waals surface area contributed by atoms with Crippen molar-refractivity contribution in [2.45, 2.75) is 33.1 Å². The maximum absolute atomic E-state index is 11.9. The second-order valence-corrected chi connectivity index (χ2v) is 6.09. The molecule has 0 radical (unpaired) electrons. The third-order valence-corrected chi connectivity index (χ3v) is 4.09. The highest BCUT2D eigenvalue weighted by Gasteiger charge is 2.13. The lowest BCUT2D eigenvalue weighted by Gasteiger charge is -2.08. The summed E-state index contributed by atoms with van der Waals surface area (Å²) < 4.78 is 0. The van der Waals surface area contributed by atoms with Crippen LogP contribution in [0, 0.1) is 5.92 Å². The van der Waals surface area contributed by atoms with Gasteiger partial charge in [0.05, 0.1) is 0 Å². The van der Waals surface area contributed by atoms with Crippen molar-refractivity contribution in [3.05, 3.63) is 47.0 Å². The molecule has 1 atom stereocenters. The van der Waals surface area contributed by atoms with E-state index in [0.29, 0.717) is 5.13 Å². The summed E-state index contributed by atoms with van der Waals surface area (Å²) in [4.78, 5) is 17.4. The van der Waals surface area contributed by atoms with Gasteiger partial charge in [0.15, 0.2) is 5.13 Å². The maximum atomic E-state index is 11.9. The van der Waals surface area contributed by atoms with Gasteiger partial charge in [0.25, 0.3) is 0 Å². The summed E-state index contributed by atoms with van der Waals surface area (Å²) in [5, 5.41) is 3.60. The van der Waals surface area contributed by atoms with Gasteiger partial charge in [0, 0.05) is 23.4 Å². The molecule has 1 unspecified atom stereocenters. The molecule has 0 saturated heterocycles. The Morgan fingerprint density at radius 3 is 2.80 bits per heavy atom. The molecule has 1 amide bonds. The van der Waals surface area contributed by atoms with Crippen molar-refractivity contribution in [2.75, 3.05) is 5.32 Å². The first-order chi connectivity index (χ1) is 9.69. The third-order valence-electron chi connectivity index (χ3n) is 3.17. The van der Waals surface area contributed by atoms with E-state index < -0.39 is 0 Å². The molecule has 0 spiro atoms. The zero-order valence-electron chi connectivity index (χ0n) is 11.9. The zero-order valence-corrected chi connectivity index (χ0v) is 12.7. The first kappa shape index (κ1) is 14.7. The molecule has 0 aliphatic rings. The van der Waals surface area contributed by atoms with E-state index in [1.165, 1.54) is 5.56 Å². The second kappa shape index (κ2) is 7.20. The van der Waals surface area contributed by atoms with Crippen LogP contribution in [0.3, 0.4) is 0 Å². The Hall–Kier alpha value is -1.68. The fourth-order valence-corrected chi connectivity index (χ4v) is 2.89. The number of nitrogens with one attached hydrogen (secondary N) is 1. The number of rotatable bonds is 6. The van der Waals surface area contributed by atoms with Gasteiger partial charge in [0.1, 0.15) is 0 Å². The van der Waals surface area contributed by atoms with Crippen LogP contribution in [-0.4, -0.2) is 10.9 Å². The highest BCUT2D eigenvalue weighted by molar-refractivity contribution is 7.15. The molecule has 1 aromatic carbocycles. The molecule has 1 N–H and O–H groups in total. The highest BCUT2D eigenvalue weighted by Crippen LogP contribution is 2.22. The summed E-state index contributed by atoms with van der Waals surface area (Å²) in [5.74, 6) is 0.105. The van der Waals surface area contributed by atoms with Crippen molar-refractivity contribution in [1.82, 2.24) is 4.98 Å². The van der Waals surface area contributed by atoms with Gasteiger partial charge in [-0.3, -0.25) is 4.79 Å². The minimum Gasteiger partial charge on any atom is -0.302 e. The highest BCUT2D eigenvalue weighted by atomic mass is 32.1. The number of hydrogen-bond donors (Lipinski definition) is 1. The van der Waals surface area contributed by atoms with Crippen LogP contribution >= 0.6 is 11.3 Å². The number of hydrogen-bond acceptors (Lipinski definition) is 3. The van der Waals surface area contributed by atoms with Crippen LogP contribution in [-0.2, 0) is 11.2 Å². The average molecular weight is 288 g/mol. The molecule has 1 aromatic heterocycles. The molecular weight excluding hydrogens is 268 g/mol. The fourth-order valence-electron chi connectivity index (χ4n) is 2.04. The molecule has 106 valence electrons. The lowest BCUT2D eigenvalue weighted by atomic mass is 10.1. The molecule has 0 aliphatic heterocycles. The molecule has 2 aromatic rings. The Kier molecular flexibility index (Phi) is 5.30. The Labute approximate surface area is 124 Å². The Bertz CT molecular complexity index is 551. The summed E-state index contributed by atoms with van der Waals surface area (Å²) in [6.07, 6.45) is 4.64. The zero-order chi connectivity index (χ0) is 14.4. The van der Waals surface area contributed by atoms with E-state index in [2.05, 4.69) is 29.4 Å². The topological polar surface area (TPSA) is 42.0 Å². The van der Waals surface area contributed by atoms with Crippen LogP contribution in [0.15, 0.2) is 36.5 Å². The lowest BCUT2D eigenvalue weighted by molar-refractivity contribution is -0.119. The smallest absolute Gasteiger partial charge is 0.228 e. The van der Waals surface area contributed by atoms with Gasteiger partial charge in [-0.05, 0) is 12.0 Å². The van der Waals surface area contributed by atoms with Crippen molar-refractivity contribution in [1.29, 1.82) is 0 Å². The predicted octanol–water partition coefficient (Wildman–Crippen LogP) is 4.11. The van der Waals surface area contributed by atoms with E-state index in [-0.39, 0.29) is 11.8 Å². The van der Waals surface area contributed by atoms with E-state index in [4.69, 9.17) is 0 Å². The molecule has 0 aliphatic carbocycles. The van der Waals surface area contributed by atoms with Gasteiger partial charge >= 0.3 is 0 Å². The van der Waals surface area contributed by atoms with E-state index >= 15 is 0 Å². The molecule has 0 saturated carbocycles. The Morgan fingerprint density at radius 2 is 2.10 bits per heavy atom. The lowest BCUT2D eigenvalue weighted by Crippen LogP contribution is -2.19. The number of thiazole rings is 1. The predicted molar refractivity (Wildman–Crippen MR) is 84.1 cm³/mol. The monoisotopic (exact) mass is 288 g/mol. The third kappa shape index (κ3) is 4.17. The number of benzene rings is 1. The van der Waals surface area contributed by atoms with Gasteiger partial charge in [-0.1, -0.05) is 50.6 Å². The van der Waals surface area contributed by atoms with E-state index in [0.717, 1.165) is 24.1 Å². The molecular formula is C16H20N2OS. The summed E-state index contributed by atoms with van der Waals surface area (Å²) in [7, 11) is 0. The van der Waals surface area contributed by atoms with Crippen LogP contribution in [0.5, 0.6) is 0 Å². The summed E-state index contributed by atoms with van der Waals surface area (Å²) in [5.41, 5.74) is 1.26. The van der Waals surface area contributed by atoms with Crippen molar-refractivity contribution >= 4 is 22.4 Å². The Balaban J connectivity index is 1.94. The minimum absolute atomic E-state index is 0.0430. The normalized spacial score (nSPS) is 12.1. The van der Waals surface area contributed by atoms with E-state index in [9.17, 15) is 4.79 Å². The van der Waals surface area contributed by atoms with Crippen LogP contribution in [0.1, 0.15) is 37.1 Å². The summed E-state index contributed by atoms with van der Waals surface area (Å²) in [6.45, 7) is 4.04. The number of amides is 1. The quantitative estimate of drug-likeness (QED) is 0.869. The van der Waals surface area contributed by atoms with Crippen LogP contribution in [0.2, 0.25) is 0 Å². The first-order valence-corrected chi connectivity index (χ1v) is 7.80. The van der Waals surface area contributed by atoms with Crippen LogP contribution in [0.4, 0.5) is 5.13 Å². The van der Waals surface area contributed by atoms with Gasteiger partial charge < -0.3 is 5.32 Å². The average Bonchev–Trinajstić information content (AvgIpc) is 2.87. The number of carbonyl (C=O) groups is 1. The van der Waals surface area contributed by atoms with Crippen molar-refractivity contribution in [2.24, 2.45) is 5.92 Å².